The Bertz CT molecular complexity index is 833. The number of urea groups is 1. The van der Waals surface area contributed by atoms with E-state index in [1.54, 1.807) is 18.3 Å². The zero-order chi connectivity index (χ0) is 17.0. The number of anilines is 1. The van der Waals surface area contributed by atoms with Gasteiger partial charge in [0.2, 0.25) is 0 Å². The van der Waals surface area contributed by atoms with Crippen molar-refractivity contribution in [2.24, 2.45) is 11.7 Å². The van der Waals surface area contributed by atoms with Gasteiger partial charge in [0.05, 0.1) is 12.6 Å². The van der Waals surface area contributed by atoms with Crippen LogP contribution in [0.5, 0.6) is 5.75 Å². The lowest BCUT2D eigenvalue weighted by molar-refractivity contribution is 0.251. The van der Waals surface area contributed by atoms with Gasteiger partial charge in [-0.25, -0.2) is 14.2 Å². The van der Waals surface area contributed by atoms with E-state index in [9.17, 15) is 9.18 Å². The molecular weight excluding hydrogens is 401 g/mol. The highest BCUT2D eigenvalue weighted by molar-refractivity contribution is 9.10. The van der Waals surface area contributed by atoms with Gasteiger partial charge in [0.1, 0.15) is 5.82 Å². The Morgan fingerprint density at radius 3 is 2.88 bits per heavy atom. The summed E-state index contributed by atoms with van der Waals surface area (Å²) in [7, 11) is 0. The third-order valence-electron chi connectivity index (χ3n) is 4.47. The molecule has 1 aliphatic heterocycles. The molecule has 3 atom stereocenters. The molecule has 5 nitrogen and oxygen atoms in total. The van der Waals surface area contributed by atoms with E-state index in [1.165, 1.54) is 17.0 Å². The van der Waals surface area contributed by atoms with Crippen LogP contribution in [0.4, 0.5) is 15.0 Å². The normalized spacial score (nSPS) is 23.7. The molecule has 1 saturated carbocycles. The topological polar surface area (TPSA) is 68.5 Å². The van der Waals surface area contributed by atoms with Crippen molar-refractivity contribution in [1.29, 1.82) is 0 Å². The van der Waals surface area contributed by atoms with Crippen molar-refractivity contribution in [2.45, 2.75) is 12.0 Å². The molecule has 1 aromatic carbocycles. The van der Waals surface area contributed by atoms with Crippen LogP contribution in [0.2, 0.25) is 5.02 Å². The molecule has 2 aliphatic rings. The maximum Gasteiger partial charge on any atom is 0.320 e. The Morgan fingerprint density at radius 2 is 2.21 bits per heavy atom. The van der Waals surface area contributed by atoms with Gasteiger partial charge in [0, 0.05) is 33.1 Å². The van der Waals surface area contributed by atoms with Crippen molar-refractivity contribution in [3.63, 3.8) is 0 Å². The van der Waals surface area contributed by atoms with E-state index in [0.717, 1.165) is 4.47 Å². The lowest BCUT2D eigenvalue weighted by Gasteiger charge is -2.20. The molecule has 4 rings (SSSR count). The monoisotopic (exact) mass is 411 g/mol. The van der Waals surface area contributed by atoms with Crippen LogP contribution in [0.1, 0.15) is 11.5 Å². The van der Waals surface area contributed by atoms with E-state index < -0.39 is 11.8 Å². The number of carbonyl (C=O) groups is 1. The molecule has 8 heteroatoms. The number of fused-ring (bicyclic) bond motifs is 3. The first-order valence-electron chi connectivity index (χ1n) is 7.30. The maximum atomic E-state index is 14.0. The highest BCUT2D eigenvalue weighted by Gasteiger charge is 2.60. The van der Waals surface area contributed by atoms with Crippen molar-refractivity contribution in [3.05, 3.63) is 51.3 Å². The van der Waals surface area contributed by atoms with Crippen LogP contribution in [-0.2, 0) is 0 Å². The van der Waals surface area contributed by atoms with E-state index >= 15 is 0 Å². The zero-order valence-corrected chi connectivity index (χ0v) is 14.6. The second-order valence-corrected chi connectivity index (χ2v) is 7.13. The van der Waals surface area contributed by atoms with Crippen LogP contribution in [0, 0.1) is 11.7 Å². The molecule has 2 N–H and O–H groups in total. The predicted octanol–water partition coefficient (Wildman–Crippen LogP) is 3.70. The SMILES string of the molecule is NC(=O)N(c1ccc(Br)cn1)C1C2COc3c(F)ccc(Cl)c3C21. The molecule has 1 fully saturated rings. The molecule has 0 bridgehead atoms. The highest BCUT2D eigenvalue weighted by Crippen LogP contribution is 2.59. The highest BCUT2D eigenvalue weighted by atomic mass is 79.9. The fourth-order valence-electron chi connectivity index (χ4n) is 3.40. The number of halogens is 3. The van der Waals surface area contributed by atoms with Crippen LogP contribution in [0.15, 0.2) is 34.9 Å². The van der Waals surface area contributed by atoms with Gasteiger partial charge >= 0.3 is 6.03 Å². The summed E-state index contributed by atoms with van der Waals surface area (Å²) in [5.41, 5.74) is 6.18. The van der Waals surface area contributed by atoms with Gasteiger partial charge in [0.25, 0.3) is 0 Å². The Morgan fingerprint density at radius 1 is 1.42 bits per heavy atom. The molecule has 2 heterocycles. The third kappa shape index (κ3) is 2.34. The van der Waals surface area contributed by atoms with Gasteiger partial charge in [-0.1, -0.05) is 11.6 Å². The summed E-state index contributed by atoms with van der Waals surface area (Å²) in [6, 6.07) is 5.40. The Kier molecular flexibility index (Phi) is 3.65. The summed E-state index contributed by atoms with van der Waals surface area (Å²) in [6.45, 7) is 0.305. The first-order chi connectivity index (χ1) is 11.5. The number of pyridine rings is 1. The van der Waals surface area contributed by atoms with Crippen LogP contribution < -0.4 is 15.4 Å². The predicted molar refractivity (Wildman–Crippen MR) is 90.9 cm³/mol. The molecule has 0 saturated heterocycles. The Hall–Kier alpha value is -1.86. The summed E-state index contributed by atoms with van der Waals surface area (Å²) >= 11 is 9.56. The summed E-state index contributed by atoms with van der Waals surface area (Å²) in [4.78, 5) is 17.7. The average molecular weight is 413 g/mol. The van der Waals surface area contributed by atoms with Crippen LogP contribution in [0.3, 0.4) is 0 Å². The first kappa shape index (κ1) is 15.7. The quantitative estimate of drug-likeness (QED) is 0.818. The summed E-state index contributed by atoms with van der Waals surface area (Å²) in [6.07, 6.45) is 1.59. The number of hydrogen-bond acceptors (Lipinski definition) is 3. The van der Waals surface area contributed by atoms with E-state index in [0.29, 0.717) is 23.0 Å². The number of ether oxygens (including phenoxy) is 1. The molecule has 2 amide bonds. The fourth-order valence-corrected chi connectivity index (χ4v) is 3.91. The Labute approximate surface area is 150 Å². The minimum Gasteiger partial charge on any atom is -0.490 e. The van der Waals surface area contributed by atoms with Crippen LogP contribution in [-0.4, -0.2) is 23.7 Å². The number of amides is 2. The molecular formula is C16H12BrClFN3O2. The molecule has 1 aliphatic carbocycles. The minimum atomic E-state index is -0.613. The molecule has 2 aromatic rings. The molecule has 1 aromatic heterocycles. The number of aromatic nitrogens is 1. The summed E-state index contributed by atoms with van der Waals surface area (Å²) in [5, 5.41) is 0.428. The number of rotatable bonds is 2. The van der Waals surface area contributed by atoms with Gasteiger partial charge in [-0.05, 0) is 40.2 Å². The second-order valence-electron chi connectivity index (χ2n) is 5.81. The van der Waals surface area contributed by atoms with Gasteiger partial charge in [0.15, 0.2) is 11.6 Å². The molecule has 0 spiro atoms. The zero-order valence-electron chi connectivity index (χ0n) is 12.2. The van der Waals surface area contributed by atoms with Crippen LogP contribution >= 0.6 is 27.5 Å². The lowest BCUT2D eigenvalue weighted by Crippen LogP contribution is -2.39. The summed E-state index contributed by atoms with van der Waals surface area (Å²) in [5.74, 6) is 0.0501. The van der Waals surface area contributed by atoms with Crippen molar-refractivity contribution < 1.29 is 13.9 Å². The second kappa shape index (κ2) is 5.60. The lowest BCUT2D eigenvalue weighted by atomic mass is 10.1. The smallest absolute Gasteiger partial charge is 0.320 e. The molecule has 3 unspecified atom stereocenters. The van der Waals surface area contributed by atoms with Crippen molar-refractivity contribution in [2.75, 3.05) is 11.5 Å². The van der Waals surface area contributed by atoms with E-state index in [1.807, 2.05) is 0 Å². The standard InChI is InChI=1S/C16H12BrClFN3O2/c17-7-1-4-11(21-5-7)22(16(20)23)14-8-6-24-15-10(19)3-2-9(18)13(15)12(8)14/h1-5,8,12,14H,6H2,(H2,20,23). The molecule has 0 radical (unpaired) electrons. The minimum absolute atomic E-state index is 0.00902. The number of primary amides is 1. The molecule has 124 valence electrons. The van der Waals surface area contributed by atoms with Gasteiger partial charge in [-0.15, -0.1) is 0 Å². The van der Waals surface area contributed by atoms with E-state index in [4.69, 9.17) is 22.1 Å². The molecule has 24 heavy (non-hydrogen) atoms. The third-order valence-corrected chi connectivity index (χ3v) is 5.27. The van der Waals surface area contributed by atoms with Crippen molar-refractivity contribution in [3.8, 4) is 5.75 Å². The number of carbonyl (C=O) groups excluding carboxylic acids is 1. The van der Waals surface area contributed by atoms with E-state index in [-0.39, 0.29) is 23.6 Å². The fraction of sp³-hybridized carbons (Fsp3) is 0.250. The number of hydrogen-bond donors (Lipinski definition) is 1. The maximum absolute atomic E-state index is 14.0. The van der Waals surface area contributed by atoms with Crippen LogP contribution in [0.25, 0.3) is 0 Å². The largest absolute Gasteiger partial charge is 0.490 e. The summed E-state index contributed by atoms with van der Waals surface area (Å²) < 4.78 is 20.3. The number of benzene rings is 1. The first-order valence-corrected chi connectivity index (χ1v) is 8.47. The Balaban J connectivity index is 1.74. The van der Waals surface area contributed by atoms with Crippen molar-refractivity contribution >= 4 is 39.4 Å². The average Bonchev–Trinajstić information content (AvgIpc) is 3.26. The van der Waals surface area contributed by atoms with Gasteiger partial charge in [-0.3, -0.25) is 4.90 Å². The number of nitrogens with two attached hydrogens (primary N) is 1. The number of nitrogens with zero attached hydrogens (tertiary/aromatic N) is 2. The van der Waals surface area contributed by atoms with Gasteiger partial charge in [-0.2, -0.15) is 0 Å². The van der Waals surface area contributed by atoms with Gasteiger partial charge < -0.3 is 10.5 Å². The van der Waals surface area contributed by atoms with E-state index in [2.05, 4.69) is 20.9 Å². The van der Waals surface area contributed by atoms with Crippen molar-refractivity contribution in [1.82, 2.24) is 4.98 Å².